The van der Waals surface area contributed by atoms with Gasteiger partial charge in [0.15, 0.2) is 0 Å². The number of halogens is 1. The van der Waals surface area contributed by atoms with Gasteiger partial charge in [0.25, 0.3) is 0 Å². The van der Waals surface area contributed by atoms with Gasteiger partial charge in [-0.05, 0) is 18.6 Å². The van der Waals surface area contributed by atoms with E-state index in [1.807, 2.05) is 19.2 Å². The second-order valence-corrected chi connectivity index (χ2v) is 3.99. The summed E-state index contributed by atoms with van der Waals surface area (Å²) in [6.45, 7) is 7.38. The van der Waals surface area contributed by atoms with Crippen LogP contribution in [0.3, 0.4) is 0 Å². The Morgan fingerprint density at radius 2 is 2.46 bits per heavy atom. The predicted molar refractivity (Wildman–Crippen MR) is 58.7 cm³/mol. The highest BCUT2D eigenvalue weighted by Crippen LogP contribution is 2.03. The Morgan fingerprint density at radius 3 is 3.08 bits per heavy atom. The highest BCUT2D eigenvalue weighted by molar-refractivity contribution is 9.11. The van der Waals surface area contributed by atoms with E-state index in [2.05, 4.69) is 38.9 Å². The minimum absolute atomic E-state index is 0.786. The van der Waals surface area contributed by atoms with E-state index in [1.54, 1.807) is 0 Å². The molecule has 0 aromatic carbocycles. The minimum Gasteiger partial charge on any atom is -0.308 e. The quantitative estimate of drug-likeness (QED) is 0.875. The molecular weight excluding hydrogens is 228 g/mol. The van der Waals surface area contributed by atoms with E-state index >= 15 is 0 Å². The third-order valence-corrected chi connectivity index (χ3v) is 2.03. The van der Waals surface area contributed by atoms with E-state index in [1.165, 1.54) is 5.56 Å². The maximum absolute atomic E-state index is 4.20. The molecule has 0 aliphatic heterocycles. The van der Waals surface area contributed by atoms with Gasteiger partial charge in [-0.25, -0.2) is 0 Å². The largest absolute Gasteiger partial charge is 0.308 e. The van der Waals surface area contributed by atoms with Crippen LogP contribution in [-0.4, -0.2) is 11.5 Å². The minimum atomic E-state index is 0.786. The highest BCUT2D eigenvalue weighted by atomic mass is 79.9. The highest BCUT2D eigenvalue weighted by Gasteiger charge is 1.96. The van der Waals surface area contributed by atoms with Gasteiger partial charge in [-0.15, -0.1) is 0 Å². The maximum Gasteiger partial charge on any atom is 0.0417 e. The molecule has 1 aromatic heterocycles. The number of nitrogens with zero attached hydrogens (tertiary/aromatic N) is 1. The number of hydrogen-bond donors (Lipinski definition) is 1. The van der Waals surface area contributed by atoms with Crippen molar-refractivity contribution in [2.75, 3.05) is 6.54 Å². The third-order valence-electron chi connectivity index (χ3n) is 1.75. The second kappa shape index (κ2) is 5.14. The van der Waals surface area contributed by atoms with Gasteiger partial charge in [-0.2, -0.15) is 0 Å². The van der Waals surface area contributed by atoms with Gasteiger partial charge < -0.3 is 5.32 Å². The first-order valence-electron chi connectivity index (χ1n) is 4.14. The van der Waals surface area contributed by atoms with Crippen LogP contribution >= 0.6 is 15.9 Å². The van der Waals surface area contributed by atoms with Crippen molar-refractivity contribution in [2.45, 2.75) is 13.5 Å². The zero-order valence-corrected chi connectivity index (χ0v) is 9.26. The van der Waals surface area contributed by atoms with Crippen molar-refractivity contribution in [2.24, 2.45) is 0 Å². The van der Waals surface area contributed by atoms with Gasteiger partial charge in [0.1, 0.15) is 0 Å². The number of rotatable bonds is 4. The molecule has 0 amide bonds. The average Bonchev–Trinajstić information content (AvgIpc) is 2.08. The molecule has 0 saturated carbocycles. The van der Waals surface area contributed by atoms with Crippen molar-refractivity contribution in [3.05, 3.63) is 40.6 Å². The normalized spacial score (nSPS) is 10.0. The van der Waals surface area contributed by atoms with Gasteiger partial charge in [0.05, 0.1) is 0 Å². The molecular formula is C10H13BrN2. The van der Waals surface area contributed by atoms with Gasteiger partial charge in [-0.1, -0.05) is 28.6 Å². The summed E-state index contributed by atoms with van der Waals surface area (Å²) in [6, 6.07) is 4.03. The van der Waals surface area contributed by atoms with Crippen molar-refractivity contribution in [1.29, 1.82) is 0 Å². The van der Waals surface area contributed by atoms with Crippen LogP contribution in [0.25, 0.3) is 0 Å². The summed E-state index contributed by atoms with van der Waals surface area (Å²) < 4.78 is 0.967. The number of hydrogen-bond acceptors (Lipinski definition) is 2. The fraction of sp³-hybridized carbons (Fsp3) is 0.300. The van der Waals surface area contributed by atoms with Crippen LogP contribution in [0.2, 0.25) is 0 Å². The van der Waals surface area contributed by atoms with E-state index in [-0.39, 0.29) is 0 Å². The molecule has 0 radical (unpaired) electrons. The first-order valence-corrected chi connectivity index (χ1v) is 4.94. The molecule has 0 spiro atoms. The summed E-state index contributed by atoms with van der Waals surface area (Å²) in [5.41, 5.74) is 2.31. The molecule has 13 heavy (non-hydrogen) atoms. The third kappa shape index (κ3) is 3.70. The maximum atomic E-state index is 4.20. The molecule has 0 aliphatic carbocycles. The molecule has 70 valence electrons. The summed E-state index contributed by atoms with van der Waals surface area (Å²) in [7, 11) is 0. The smallest absolute Gasteiger partial charge is 0.0417 e. The SMILES string of the molecule is C=C(Br)CNCc1cccnc1C. The molecule has 1 heterocycles. The van der Waals surface area contributed by atoms with Crippen LogP contribution in [0.15, 0.2) is 29.4 Å². The Kier molecular flexibility index (Phi) is 4.12. The Morgan fingerprint density at radius 1 is 1.69 bits per heavy atom. The Balaban J connectivity index is 2.45. The van der Waals surface area contributed by atoms with E-state index in [0.29, 0.717) is 0 Å². The van der Waals surface area contributed by atoms with Crippen molar-refractivity contribution >= 4 is 15.9 Å². The van der Waals surface area contributed by atoms with Crippen molar-refractivity contribution in [3.63, 3.8) is 0 Å². The topological polar surface area (TPSA) is 24.9 Å². The van der Waals surface area contributed by atoms with Crippen LogP contribution in [0.4, 0.5) is 0 Å². The molecule has 1 aromatic rings. The lowest BCUT2D eigenvalue weighted by atomic mass is 10.2. The predicted octanol–water partition coefficient (Wildman–Crippen LogP) is 2.39. The van der Waals surface area contributed by atoms with E-state index < -0.39 is 0 Å². The molecule has 0 saturated heterocycles. The molecule has 3 heteroatoms. The van der Waals surface area contributed by atoms with Gasteiger partial charge in [-0.3, -0.25) is 4.98 Å². The monoisotopic (exact) mass is 240 g/mol. The standard InChI is InChI=1S/C10H13BrN2/c1-8(11)6-12-7-10-4-3-5-13-9(10)2/h3-5,12H,1,6-7H2,2H3. The van der Waals surface area contributed by atoms with Crippen LogP contribution in [0, 0.1) is 6.92 Å². The summed E-state index contributed by atoms with van der Waals surface area (Å²) in [6.07, 6.45) is 1.81. The fourth-order valence-corrected chi connectivity index (χ4v) is 1.24. The van der Waals surface area contributed by atoms with Crippen molar-refractivity contribution in [3.8, 4) is 0 Å². The van der Waals surface area contributed by atoms with Crippen LogP contribution in [0.1, 0.15) is 11.3 Å². The lowest BCUT2D eigenvalue weighted by Gasteiger charge is -2.05. The number of aryl methyl sites for hydroxylation is 1. The molecule has 0 atom stereocenters. The molecule has 0 bridgehead atoms. The van der Waals surface area contributed by atoms with Crippen molar-refractivity contribution < 1.29 is 0 Å². The molecule has 1 rings (SSSR count). The van der Waals surface area contributed by atoms with E-state index in [4.69, 9.17) is 0 Å². The zero-order chi connectivity index (χ0) is 9.68. The van der Waals surface area contributed by atoms with Gasteiger partial charge in [0.2, 0.25) is 0 Å². The molecule has 1 N–H and O–H groups in total. The van der Waals surface area contributed by atoms with Crippen LogP contribution in [0.5, 0.6) is 0 Å². The van der Waals surface area contributed by atoms with Gasteiger partial charge in [0, 0.05) is 29.5 Å². The first kappa shape index (κ1) is 10.4. The molecule has 0 fully saturated rings. The second-order valence-electron chi connectivity index (χ2n) is 2.87. The first-order chi connectivity index (χ1) is 6.20. The van der Waals surface area contributed by atoms with E-state index in [0.717, 1.165) is 23.3 Å². The number of nitrogens with one attached hydrogen (secondary N) is 1. The van der Waals surface area contributed by atoms with Crippen LogP contribution in [-0.2, 0) is 6.54 Å². The summed E-state index contributed by atoms with van der Waals surface area (Å²) in [5, 5.41) is 3.26. The fourth-order valence-electron chi connectivity index (χ4n) is 1.04. The summed E-state index contributed by atoms with van der Waals surface area (Å²) in [4.78, 5) is 4.20. The summed E-state index contributed by atoms with van der Waals surface area (Å²) >= 11 is 3.29. The van der Waals surface area contributed by atoms with E-state index in [9.17, 15) is 0 Å². The van der Waals surface area contributed by atoms with Gasteiger partial charge >= 0.3 is 0 Å². The Bertz CT molecular complexity index is 297. The molecule has 0 aliphatic rings. The zero-order valence-electron chi connectivity index (χ0n) is 7.68. The lowest BCUT2D eigenvalue weighted by molar-refractivity contribution is 0.748. The molecule has 0 unspecified atom stereocenters. The average molecular weight is 241 g/mol. The summed E-state index contributed by atoms with van der Waals surface area (Å²) in [5.74, 6) is 0. The number of pyridine rings is 1. The Hall–Kier alpha value is -0.670. The lowest BCUT2D eigenvalue weighted by Crippen LogP contribution is -2.15. The number of aromatic nitrogens is 1. The van der Waals surface area contributed by atoms with Crippen LogP contribution < -0.4 is 5.32 Å². The van der Waals surface area contributed by atoms with Crippen molar-refractivity contribution in [1.82, 2.24) is 10.3 Å². The molecule has 2 nitrogen and oxygen atoms in total. The Labute approximate surface area is 87.2 Å².